The molecule has 14 nitrogen and oxygen atoms in total. The van der Waals surface area contributed by atoms with Gasteiger partial charge in [0, 0.05) is 35.8 Å². The van der Waals surface area contributed by atoms with Gasteiger partial charge in [-0.25, -0.2) is 28.1 Å². The molecule has 4 aromatic rings. The van der Waals surface area contributed by atoms with Gasteiger partial charge >= 0.3 is 0 Å². The van der Waals surface area contributed by atoms with Gasteiger partial charge in [0.15, 0.2) is 11.5 Å². The van der Waals surface area contributed by atoms with E-state index in [9.17, 15) is 23.7 Å². The number of nitrogens with zero attached hydrogens (tertiary/aromatic N) is 5. The van der Waals surface area contributed by atoms with Crippen molar-refractivity contribution in [2.75, 3.05) is 42.9 Å². The second-order valence-corrected chi connectivity index (χ2v) is 11.7. The summed E-state index contributed by atoms with van der Waals surface area (Å²) in [6.45, 7) is 0. The highest BCUT2D eigenvalue weighted by molar-refractivity contribution is 7.99. The molecule has 0 saturated carbocycles. The minimum absolute atomic E-state index is 0.000119. The molecule has 2 heterocycles. The molecule has 2 aromatic carbocycles. The topological polar surface area (TPSA) is 215 Å². The zero-order chi connectivity index (χ0) is 32.6. The number of anilines is 3. The maximum absolute atomic E-state index is 12.7. The van der Waals surface area contributed by atoms with E-state index >= 15 is 0 Å². The van der Waals surface area contributed by atoms with E-state index in [0.717, 1.165) is 11.8 Å². The molecule has 4 rings (SSSR count). The van der Waals surface area contributed by atoms with Crippen molar-refractivity contribution in [2.45, 2.75) is 16.3 Å². The van der Waals surface area contributed by atoms with Crippen LogP contribution in [0, 0.1) is 22.7 Å². The van der Waals surface area contributed by atoms with Crippen molar-refractivity contribution < 1.29 is 27.4 Å². The second kappa shape index (κ2) is 14.3. The molecule has 0 fully saturated rings. The first-order valence-electron chi connectivity index (χ1n) is 12.9. The van der Waals surface area contributed by atoms with Crippen LogP contribution >= 0.6 is 11.8 Å². The number of ether oxygens (including phenoxy) is 3. The summed E-state index contributed by atoms with van der Waals surface area (Å²) in [7, 11) is 0.415. The third-order valence-electron chi connectivity index (χ3n) is 6.18. The lowest BCUT2D eigenvalue weighted by Crippen LogP contribution is -2.15. The van der Waals surface area contributed by atoms with Gasteiger partial charge in [-0.3, -0.25) is 4.79 Å². The highest BCUT2D eigenvalue weighted by Gasteiger charge is 2.24. The monoisotopic (exact) mass is 646 g/mol. The summed E-state index contributed by atoms with van der Waals surface area (Å²) >= 11 is 1.12. The summed E-state index contributed by atoms with van der Waals surface area (Å²) in [5, 5.41) is 22.9. The van der Waals surface area contributed by atoms with Crippen molar-refractivity contribution in [3.8, 4) is 40.5 Å². The third kappa shape index (κ3) is 7.32. The van der Waals surface area contributed by atoms with Crippen LogP contribution in [-0.2, 0) is 14.8 Å². The average molecular weight is 647 g/mol. The average Bonchev–Trinajstić information content (AvgIpc) is 3.04. The predicted octanol–water partition coefficient (Wildman–Crippen LogP) is 3.81. The summed E-state index contributed by atoms with van der Waals surface area (Å²) < 4.78 is 43.7. The van der Waals surface area contributed by atoms with E-state index in [-0.39, 0.29) is 56.5 Å². The lowest BCUT2D eigenvalue weighted by Gasteiger charge is -2.17. The van der Waals surface area contributed by atoms with Crippen molar-refractivity contribution in [1.82, 2.24) is 15.0 Å². The molecule has 0 atom stereocenters. The highest BCUT2D eigenvalue weighted by atomic mass is 32.2. The number of nitrogens with two attached hydrogens (primary N) is 1. The Morgan fingerprint density at radius 2 is 1.60 bits per heavy atom. The first kappa shape index (κ1) is 32.3. The summed E-state index contributed by atoms with van der Waals surface area (Å²) in [5.74, 6) is 0.649. The summed E-state index contributed by atoms with van der Waals surface area (Å²) in [6, 6.07) is 14.5. The smallest absolute Gasteiger partial charge is 0.264 e. The Morgan fingerprint density at radius 3 is 2.16 bits per heavy atom. The van der Waals surface area contributed by atoms with Crippen molar-refractivity contribution >= 4 is 45.1 Å². The quantitative estimate of drug-likeness (QED) is 0.187. The van der Waals surface area contributed by atoms with E-state index in [1.54, 1.807) is 18.2 Å². The number of benzene rings is 2. The van der Waals surface area contributed by atoms with Gasteiger partial charge in [0.25, 0.3) is 10.0 Å². The number of aromatic nitrogens is 3. The van der Waals surface area contributed by atoms with E-state index in [4.69, 9.17) is 19.9 Å². The molecule has 0 saturated heterocycles. The van der Waals surface area contributed by atoms with Gasteiger partial charge in [0.2, 0.25) is 17.6 Å². The lowest BCUT2D eigenvalue weighted by atomic mass is 9.96. The molecule has 45 heavy (non-hydrogen) atoms. The van der Waals surface area contributed by atoms with Crippen LogP contribution in [0.2, 0.25) is 0 Å². The van der Waals surface area contributed by atoms with Crippen molar-refractivity contribution in [3.63, 3.8) is 0 Å². The lowest BCUT2D eigenvalue weighted by molar-refractivity contribution is -0.115. The van der Waals surface area contributed by atoms with Gasteiger partial charge in [-0.1, -0.05) is 0 Å². The number of rotatable bonds is 12. The molecule has 0 aliphatic carbocycles. The van der Waals surface area contributed by atoms with Crippen LogP contribution in [0.25, 0.3) is 11.1 Å². The highest BCUT2D eigenvalue weighted by Crippen LogP contribution is 2.44. The molecule has 4 N–H and O–H groups in total. The molecule has 230 valence electrons. The van der Waals surface area contributed by atoms with Crippen LogP contribution in [0.4, 0.5) is 17.5 Å². The van der Waals surface area contributed by atoms with Gasteiger partial charge in [-0.15, -0.1) is 11.8 Å². The number of nitriles is 2. The molecular formula is C29H26N8O6S2. The molecule has 0 spiro atoms. The van der Waals surface area contributed by atoms with E-state index in [0.29, 0.717) is 28.5 Å². The maximum Gasteiger partial charge on any atom is 0.264 e. The number of methoxy groups -OCH3 is 3. The Kier molecular flexibility index (Phi) is 10.2. The normalized spacial score (nSPS) is 10.7. The standard InChI is InChI=1S/C29H26N8O6S2/c1-41-22-13-17(14-23(42-2)26(22)43-3)25-20(15-30)27(32)36-28(21(25)16-31)44-12-9-24(38)35-18-5-7-19(8-6-18)45(39,40)37-29-33-10-4-11-34-29/h4-8,10-11,13-14H,9,12H2,1-3H3,(H2,32,36)(H,35,38)(H,33,34,37). The number of nitrogens with one attached hydrogen (secondary N) is 2. The van der Waals surface area contributed by atoms with Crippen molar-refractivity contribution in [3.05, 3.63) is 66.0 Å². The van der Waals surface area contributed by atoms with Crippen LogP contribution in [0.15, 0.2) is 64.8 Å². The number of sulfonamides is 1. The number of hydrogen-bond donors (Lipinski definition) is 3. The number of carbonyl (C=O) groups is 1. The fourth-order valence-electron chi connectivity index (χ4n) is 4.13. The van der Waals surface area contributed by atoms with Crippen molar-refractivity contribution in [2.24, 2.45) is 0 Å². The molecular weight excluding hydrogens is 621 g/mol. The Bertz CT molecular complexity index is 1880. The Hall–Kier alpha value is -5.58. The van der Waals surface area contributed by atoms with Crippen LogP contribution in [0.3, 0.4) is 0 Å². The number of hydrogen-bond acceptors (Lipinski definition) is 13. The number of thioether (sulfide) groups is 1. The number of amides is 1. The predicted molar refractivity (Wildman–Crippen MR) is 166 cm³/mol. The fourth-order valence-corrected chi connectivity index (χ4v) is 6.02. The summed E-state index contributed by atoms with van der Waals surface area (Å²) in [5.41, 5.74) is 7.26. The largest absolute Gasteiger partial charge is 0.493 e. The van der Waals surface area contributed by atoms with Gasteiger partial charge < -0.3 is 25.3 Å². The van der Waals surface area contributed by atoms with Crippen LogP contribution in [-0.4, -0.2) is 56.4 Å². The first-order chi connectivity index (χ1) is 21.6. The summed E-state index contributed by atoms with van der Waals surface area (Å²) in [6.07, 6.45) is 2.83. The zero-order valence-corrected chi connectivity index (χ0v) is 25.8. The minimum atomic E-state index is -3.93. The third-order valence-corrected chi connectivity index (χ3v) is 8.50. The molecule has 0 aliphatic heterocycles. The SMILES string of the molecule is COc1cc(-c2c(C#N)c(N)nc(SCCC(=O)Nc3ccc(S(=O)(=O)Nc4ncccn4)cc3)c2C#N)cc(OC)c1OC. The van der Waals surface area contributed by atoms with E-state index < -0.39 is 10.0 Å². The zero-order valence-electron chi connectivity index (χ0n) is 24.2. The molecule has 0 aliphatic rings. The van der Waals surface area contributed by atoms with Gasteiger partial charge in [-0.2, -0.15) is 10.5 Å². The molecule has 0 bridgehead atoms. The molecule has 2 aromatic heterocycles. The van der Waals surface area contributed by atoms with Crippen LogP contribution in [0.1, 0.15) is 17.5 Å². The van der Waals surface area contributed by atoms with E-state index in [1.165, 1.54) is 58.0 Å². The molecule has 16 heteroatoms. The maximum atomic E-state index is 12.7. The Morgan fingerprint density at radius 1 is 0.978 bits per heavy atom. The number of nitrogen functional groups attached to an aromatic ring is 1. The first-order valence-corrected chi connectivity index (χ1v) is 15.4. The van der Waals surface area contributed by atoms with E-state index in [1.807, 2.05) is 6.07 Å². The molecule has 0 radical (unpaired) electrons. The van der Waals surface area contributed by atoms with Crippen LogP contribution in [0.5, 0.6) is 17.2 Å². The van der Waals surface area contributed by atoms with Crippen molar-refractivity contribution in [1.29, 1.82) is 10.5 Å². The Labute approximate surface area is 263 Å². The Balaban J connectivity index is 1.49. The second-order valence-electron chi connectivity index (χ2n) is 8.91. The van der Waals surface area contributed by atoms with Gasteiger partial charge in [0.05, 0.1) is 31.8 Å². The number of carbonyl (C=O) groups excluding carboxylic acids is 1. The van der Waals surface area contributed by atoms with Gasteiger partial charge in [0.1, 0.15) is 28.5 Å². The number of pyridine rings is 1. The summed E-state index contributed by atoms with van der Waals surface area (Å²) in [4.78, 5) is 24.6. The molecule has 0 unspecified atom stereocenters. The minimum Gasteiger partial charge on any atom is -0.493 e. The molecule has 1 amide bonds. The fraction of sp³-hybridized carbons (Fsp3) is 0.172. The van der Waals surface area contributed by atoms with E-state index in [2.05, 4.69) is 31.1 Å². The van der Waals surface area contributed by atoms with Crippen LogP contribution < -0.4 is 30.0 Å². The van der Waals surface area contributed by atoms with Gasteiger partial charge in [-0.05, 0) is 48.0 Å².